The largest absolute Gasteiger partial charge is 0.619 e. The second-order valence-electron chi connectivity index (χ2n) is 6.67. The van der Waals surface area contributed by atoms with E-state index < -0.39 is 0 Å². The number of carbonyl (C=O) groups is 1. The number of aryl methyl sites for hydroxylation is 2. The van der Waals surface area contributed by atoms with Crippen LogP contribution in [0.2, 0.25) is 0 Å². The van der Waals surface area contributed by atoms with E-state index in [1.165, 1.54) is 29.9 Å². The topological polar surface area (TPSA) is 47.2 Å². The number of pyridine rings is 1. The van der Waals surface area contributed by atoms with Crippen LogP contribution in [0.25, 0.3) is 0 Å². The van der Waals surface area contributed by atoms with E-state index in [0.29, 0.717) is 16.2 Å². The van der Waals surface area contributed by atoms with Crippen LogP contribution in [0.3, 0.4) is 0 Å². The van der Waals surface area contributed by atoms with Gasteiger partial charge in [0.1, 0.15) is 0 Å². The van der Waals surface area contributed by atoms with Crippen molar-refractivity contribution in [1.29, 1.82) is 0 Å². The number of piperidine rings is 1. The summed E-state index contributed by atoms with van der Waals surface area (Å²) in [7, 11) is 0. The fourth-order valence-corrected chi connectivity index (χ4v) is 3.47. The Balaban J connectivity index is 1.59. The normalized spacial score (nSPS) is 17.7. The van der Waals surface area contributed by atoms with Gasteiger partial charge in [0, 0.05) is 25.2 Å². The van der Waals surface area contributed by atoms with Gasteiger partial charge >= 0.3 is 0 Å². The zero-order chi connectivity index (χ0) is 16.9. The highest BCUT2D eigenvalue weighted by Crippen LogP contribution is 2.23. The molecule has 3 rings (SSSR count). The second kappa shape index (κ2) is 7.47. The van der Waals surface area contributed by atoms with Crippen molar-refractivity contribution in [2.45, 2.75) is 32.6 Å². The summed E-state index contributed by atoms with van der Waals surface area (Å²) in [5.41, 5.74) is 3.35. The molecule has 4 heteroatoms. The molecule has 1 fully saturated rings. The fourth-order valence-electron chi connectivity index (χ4n) is 3.47. The number of hydrogen-bond donors (Lipinski definition) is 0. The molecule has 24 heavy (non-hydrogen) atoms. The number of benzene rings is 1. The van der Waals surface area contributed by atoms with Gasteiger partial charge in [0.05, 0.1) is 5.56 Å². The zero-order valence-electron chi connectivity index (χ0n) is 14.1. The molecule has 1 aliphatic heterocycles. The molecule has 1 aliphatic rings. The van der Waals surface area contributed by atoms with Gasteiger partial charge in [-0.2, -0.15) is 4.73 Å². The van der Waals surface area contributed by atoms with Crippen molar-refractivity contribution in [2.24, 2.45) is 5.92 Å². The number of rotatable bonds is 4. The predicted octanol–water partition coefficient (Wildman–Crippen LogP) is 3.11. The fraction of sp³-hybridized carbons (Fsp3) is 0.400. The van der Waals surface area contributed by atoms with Crippen molar-refractivity contribution in [1.82, 2.24) is 4.90 Å². The Morgan fingerprint density at radius 1 is 1.25 bits per heavy atom. The summed E-state index contributed by atoms with van der Waals surface area (Å²) in [6.07, 6.45) is 7.19. The molecule has 1 aromatic carbocycles. The maximum absolute atomic E-state index is 12.6. The molecule has 0 spiro atoms. The lowest BCUT2D eigenvalue weighted by Crippen LogP contribution is -2.40. The zero-order valence-corrected chi connectivity index (χ0v) is 14.1. The molecule has 2 aromatic rings. The Bertz CT molecular complexity index is 697. The average Bonchev–Trinajstić information content (AvgIpc) is 2.61. The smallest absolute Gasteiger partial charge is 0.254 e. The molecule has 1 atom stereocenters. The maximum Gasteiger partial charge on any atom is 0.254 e. The first-order chi connectivity index (χ1) is 11.6. The molecule has 126 valence electrons. The minimum atomic E-state index is 0.0381. The molecule has 1 amide bonds. The molecular formula is C20H24N2O2. The highest BCUT2D eigenvalue weighted by molar-refractivity contribution is 5.94. The Morgan fingerprint density at radius 2 is 2.00 bits per heavy atom. The summed E-state index contributed by atoms with van der Waals surface area (Å²) in [6.45, 7) is 3.78. The lowest BCUT2D eigenvalue weighted by Gasteiger charge is -2.33. The van der Waals surface area contributed by atoms with E-state index >= 15 is 0 Å². The highest BCUT2D eigenvalue weighted by Gasteiger charge is 2.24. The Morgan fingerprint density at radius 3 is 2.75 bits per heavy atom. The summed E-state index contributed by atoms with van der Waals surface area (Å²) in [5.74, 6) is 0.589. The minimum absolute atomic E-state index is 0.0381. The van der Waals surface area contributed by atoms with Gasteiger partial charge in [0.25, 0.3) is 5.91 Å². The van der Waals surface area contributed by atoms with Crippen LogP contribution in [-0.4, -0.2) is 23.9 Å². The van der Waals surface area contributed by atoms with Crippen molar-refractivity contribution < 1.29 is 9.52 Å². The molecule has 0 aliphatic carbocycles. The maximum atomic E-state index is 12.6. The van der Waals surface area contributed by atoms with Gasteiger partial charge in [-0.15, -0.1) is 0 Å². The summed E-state index contributed by atoms with van der Waals surface area (Å²) in [4.78, 5) is 14.5. The van der Waals surface area contributed by atoms with Crippen molar-refractivity contribution in [2.75, 3.05) is 13.1 Å². The predicted molar refractivity (Wildman–Crippen MR) is 93.5 cm³/mol. The van der Waals surface area contributed by atoms with E-state index in [-0.39, 0.29) is 5.91 Å². The van der Waals surface area contributed by atoms with Gasteiger partial charge in [-0.05, 0) is 49.7 Å². The van der Waals surface area contributed by atoms with Gasteiger partial charge in [0.15, 0.2) is 12.4 Å². The van der Waals surface area contributed by atoms with Gasteiger partial charge in [0.2, 0.25) is 0 Å². The van der Waals surface area contributed by atoms with Gasteiger partial charge in [-0.25, -0.2) is 0 Å². The van der Waals surface area contributed by atoms with Crippen LogP contribution in [0.15, 0.2) is 48.8 Å². The number of nitrogens with zero attached hydrogens (tertiary/aromatic N) is 2. The first-order valence-corrected chi connectivity index (χ1v) is 8.66. The van der Waals surface area contributed by atoms with Crippen LogP contribution in [0.1, 0.15) is 40.7 Å². The van der Waals surface area contributed by atoms with Crippen molar-refractivity contribution in [3.8, 4) is 0 Å². The van der Waals surface area contributed by atoms with Gasteiger partial charge in [-0.3, -0.25) is 4.79 Å². The molecular weight excluding hydrogens is 300 g/mol. The van der Waals surface area contributed by atoms with E-state index in [1.807, 2.05) is 4.90 Å². The van der Waals surface area contributed by atoms with Crippen molar-refractivity contribution in [3.05, 3.63) is 70.7 Å². The van der Waals surface area contributed by atoms with Crippen LogP contribution in [0, 0.1) is 18.0 Å². The Hall–Kier alpha value is -2.36. The molecule has 0 N–H and O–H groups in total. The van der Waals surface area contributed by atoms with Crippen molar-refractivity contribution >= 4 is 5.91 Å². The van der Waals surface area contributed by atoms with Crippen LogP contribution < -0.4 is 4.73 Å². The standard InChI is InChI=1S/C20H24N2O2/c1-16-5-2-3-7-18(16)9-8-17-6-4-12-21(15-17)20(23)19-10-13-22(24)14-11-19/h2-3,5,7,10-11,13-14,17H,4,6,8-9,12,15H2,1H3/t17-/m1/s1. The third-order valence-corrected chi connectivity index (χ3v) is 4.94. The lowest BCUT2D eigenvalue weighted by atomic mass is 9.90. The monoisotopic (exact) mass is 324 g/mol. The quantitative estimate of drug-likeness (QED) is 0.641. The number of amides is 1. The third kappa shape index (κ3) is 3.94. The van der Waals surface area contributed by atoms with E-state index in [9.17, 15) is 10.0 Å². The molecule has 0 bridgehead atoms. The highest BCUT2D eigenvalue weighted by atomic mass is 16.5. The number of likely N-dealkylation sites (tertiary alicyclic amines) is 1. The van der Waals surface area contributed by atoms with E-state index in [4.69, 9.17) is 0 Å². The SMILES string of the molecule is Cc1ccccc1CC[C@H]1CCCN(C(=O)c2cc[n+]([O-])cc2)C1. The van der Waals surface area contributed by atoms with E-state index in [2.05, 4.69) is 31.2 Å². The molecule has 4 nitrogen and oxygen atoms in total. The Kier molecular flexibility index (Phi) is 5.14. The summed E-state index contributed by atoms with van der Waals surface area (Å²) < 4.78 is 0.706. The van der Waals surface area contributed by atoms with Gasteiger partial charge in [-0.1, -0.05) is 24.3 Å². The first kappa shape index (κ1) is 16.5. The van der Waals surface area contributed by atoms with Crippen LogP contribution in [0.5, 0.6) is 0 Å². The summed E-state index contributed by atoms with van der Waals surface area (Å²) in [5, 5.41) is 11.1. The molecule has 0 unspecified atom stereocenters. The number of carbonyl (C=O) groups excluding carboxylic acids is 1. The average molecular weight is 324 g/mol. The number of hydrogen-bond acceptors (Lipinski definition) is 2. The van der Waals surface area contributed by atoms with E-state index in [0.717, 1.165) is 32.4 Å². The molecule has 2 heterocycles. The third-order valence-electron chi connectivity index (χ3n) is 4.94. The van der Waals surface area contributed by atoms with Crippen LogP contribution >= 0.6 is 0 Å². The number of aromatic nitrogens is 1. The molecule has 1 saturated heterocycles. The second-order valence-corrected chi connectivity index (χ2v) is 6.67. The summed E-state index contributed by atoms with van der Waals surface area (Å²) in [6, 6.07) is 11.7. The first-order valence-electron chi connectivity index (χ1n) is 8.66. The van der Waals surface area contributed by atoms with Crippen LogP contribution in [0.4, 0.5) is 0 Å². The Labute approximate surface area is 143 Å². The van der Waals surface area contributed by atoms with Gasteiger partial charge < -0.3 is 10.1 Å². The minimum Gasteiger partial charge on any atom is -0.619 e. The van der Waals surface area contributed by atoms with Crippen molar-refractivity contribution in [3.63, 3.8) is 0 Å². The molecule has 1 aromatic heterocycles. The molecule has 0 saturated carbocycles. The molecule has 0 radical (unpaired) electrons. The summed E-state index contributed by atoms with van der Waals surface area (Å²) >= 11 is 0. The van der Waals surface area contributed by atoms with E-state index in [1.54, 1.807) is 12.1 Å². The lowest BCUT2D eigenvalue weighted by molar-refractivity contribution is -0.605. The van der Waals surface area contributed by atoms with Crippen LogP contribution in [-0.2, 0) is 6.42 Å².